The highest BCUT2D eigenvalue weighted by atomic mass is 35.5. The Bertz CT molecular complexity index is 682. The Balaban J connectivity index is 0.00000243. The second-order valence-corrected chi connectivity index (χ2v) is 6.69. The monoisotopic (exact) mass is 380 g/mol. The first kappa shape index (κ1) is 20.2. The minimum Gasteiger partial charge on any atom is -0.353 e. The number of hydrogen-bond donors (Lipinski definition) is 3. The van der Waals surface area contributed by atoms with Crippen LogP contribution in [0.1, 0.15) is 32.6 Å². The van der Waals surface area contributed by atoms with E-state index < -0.39 is 0 Å². The van der Waals surface area contributed by atoms with Crippen LogP contribution in [0.25, 0.3) is 0 Å². The lowest BCUT2D eigenvalue weighted by Crippen LogP contribution is -2.47. The van der Waals surface area contributed by atoms with Crippen molar-refractivity contribution in [3.63, 3.8) is 0 Å². The van der Waals surface area contributed by atoms with Gasteiger partial charge in [-0.1, -0.05) is 12.1 Å². The molecule has 0 radical (unpaired) electrons. The van der Waals surface area contributed by atoms with Gasteiger partial charge in [0, 0.05) is 24.9 Å². The minimum absolute atomic E-state index is 0. The van der Waals surface area contributed by atoms with E-state index in [0.717, 1.165) is 19.4 Å². The molecular weight excluding hydrogens is 356 g/mol. The fraction of sp³-hybridized carbons (Fsp3) is 0.500. The first-order valence-electron chi connectivity index (χ1n) is 8.75. The molecule has 2 atom stereocenters. The molecule has 0 saturated carbocycles. The van der Waals surface area contributed by atoms with E-state index in [1.165, 1.54) is 4.90 Å². The van der Waals surface area contributed by atoms with E-state index in [4.69, 9.17) is 0 Å². The number of carbonyl (C=O) groups is 3. The number of anilines is 2. The molecule has 2 heterocycles. The molecule has 1 fully saturated rings. The van der Waals surface area contributed by atoms with Crippen molar-refractivity contribution in [3.8, 4) is 0 Å². The summed E-state index contributed by atoms with van der Waals surface area (Å²) >= 11 is 0. The molecule has 3 rings (SSSR count). The molecule has 26 heavy (non-hydrogen) atoms. The normalized spacial score (nSPS) is 21.9. The van der Waals surface area contributed by atoms with Gasteiger partial charge in [-0.15, -0.1) is 12.4 Å². The van der Waals surface area contributed by atoms with Crippen LogP contribution < -0.4 is 20.9 Å². The van der Waals surface area contributed by atoms with Crippen molar-refractivity contribution in [1.29, 1.82) is 0 Å². The van der Waals surface area contributed by atoms with Crippen LogP contribution in [0.3, 0.4) is 0 Å². The van der Waals surface area contributed by atoms with Gasteiger partial charge in [-0.3, -0.25) is 14.4 Å². The molecule has 0 bridgehead atoms. The zero-order valence-electron chi connectivity index (χ0n) is 14.8. The highest BCUT2D eigenvalue weighted by Gasteiger charge is 2.27. The van der Waals surface area contributed by atoms with E-state index in [2.05, 4.69) is 22.9 Å². The number of nitrogens with zero attached hydrogens (tertiary/aromatic N) is 1. The fourth-order valence-electron chi connectivity index (χ4n) is 3.37. The summed E-state index contributed by atoms with van der Waals surface area (Å²) in [5, 5.41) is 9.10. The van der Waals surface area contributed by atoms with Crippen molar-refractivity contribution >= 4 is 41.5 Å². The lowest BCUT2D eigenvalue weighted by atomic mass is 10.0. The van der Waals surface area contributed by atoms with Crippen LogP contribution in [0.2, 0.25) is 0 Å². The third-order valence-corrected chi connectivity index (χ3v) is 4.63. The lowest BCUT2D eigenvalue weighted by molar-refractivity contribution is -0.126. The van der Waals surface area contributed by atoms with Crippen LogP contribution in [-0.4, -0.2) is 42.9 Å². The van der Waals surface area contributed by atoms with Crippen molar-refractivity contribution in [1.82, 2.24) is 10.6 Å². The average molecular weight is 381 g/mol. The number of benzene rings is 1. The van der Waals surface area contributed by atoms with Gasteiger partial charge in [0.25, 0.3) is 0 Å². The number of amides is 3. The molecule has 0 aromatic heterocycles. The molecule has 2 aliphatic rings. The number of halogens is 1. The van der Waals surface area contributed by atoms with Gasteiger partial charge in [-0.05, 0) is 38.4 Å². The molecule has 0 aliphatic carbocycles. The molecular formula is C18H25ClN4O3. The number of carbonyl (C=O) groups excluding carboxylic acids is 3. The largest absolute Gasteiger partial charge is 0.353 e. The fourth-order valence-corrected chi connectivity index (χ4v) is 3.37. The van der Waals surface area contributed by atoms with Crippen LogP contribution in [0.4, 0.5) is 11.4 Å². The summed E-state index contributed by atoms with van der Waals surface area (Å²) < 4.78 is 0. The molecule has 0 spiro atoms. The molecule has 8 heteroatoms. The summed E-state index contributed by atoms with van der Waals surface area (Å²) in [6.07, 6.45) is 2.04. The van der Waals surface area contributed by atoms with Crippen LogP contribution in [0.15, 0.2) is 24.3 Å². The van der Waals surface area contributed by atoms with Gasteiger partial charge in [0.2, 0.25) is 17.7 Å². The Morgan fingerprint density at radius 1 is 1.27 bits per heavy atom. The second kappa shape index (κ2) is 9.00. The minimum atomic E-state index is -0.222. The molecule has 142 valence electrons. The highest BCUT2D eigenvalue weighted by molar-refractivity contribution is 6.10. The molecule has 2 aliphatic heterocycles. The van der Waals surface area contributed by atoms with Crippen LogP contribution in [-0.2, 0) is 14.4 Å². The van der Waals surface area contributed by atoms with Gasteiger partial charge < -0.3 is 20.9 Å². The molecule has 7 nitrogen and oxygen atoms in total. The van der Waals surface area contributed by atoms with Gasteiger partial charge >= 0.3 is 0 Å². The van der Waals surface area contributed by atoms with Crippen LogP contribution >= 0.6 is 12.4 Å². The smallest absolute Gasteiger partial charge is 0.244 e. The van der Waals surface area contributed by atoms with E-state index in [-0.39, 0.29) is 55.6 Å². The highest BCUT2D eigenvalue weighted by Crippen LogP contribution is 2.29. The van der Waals surface area contributed by atoms with Gasteiger partial charge in [0.15, 0.2) is 0 Å². The quantitative estimate of drug-likeness (QED) is 0.737. The Morgan fingerprint density at radius 3 is 2.81 bits per heavy atom. The summed E-state index contributed by atoms with van der Waals surface area (Å²) in [5.41, 5.74) is 1.31. The maximum absolute atomic E-state index is 12.5. The van der Waals surface area contributed by atoms with E-state index in [9.17, 15) is 14.4 Å². The third-order valence-electron chi connectivity index (χ3n) is 4.63. The van der Waals surface area contributed by atoms with Crippen LogP contribution in [0, 0.1) is 0 Å². The summed E-state index contributed by atoms with van der Waals surface area (Å²) in [7, 11) is 0. The molecule has 3 amide bonds. The van der Waals surface area contributed by atoms with E-state index in [1.54, 1.807) is 18.2 Å². The van der Waals surface area contributed by atoms with Crippen molar-refractivity contribution < 1.29 is 14.4 Å². The first-order chi connectivity index (χ1) is 12.0. The second-order valence-electron chi connectivity index (χ2n) is 6.69. The number of fused-ring (bicyclic) bond motifs is 1. The van der Waals surface area contributed by atoms with Crippen LogP contribution in [0.5, 0.6) is 0 Å². The number of hydrogen-bond acceptors (Lipinski definition) is 4. The predicted molar refractivity (Wildman–Crippen MR) is 103 cm³/mol. The van der Waals surface area contributed by atoms with Gasteiger partial charge in [-0.2, -0.15) is 0 Å². The summed E-state index contributed by atoms with van der Waals surface area (Å²) in [6, 6.07) is 7.74. The number of nitrogens with one attached hydrogen (secondary N) is 3. The Labute approximate surface area is 159 Å². The van der Waals surface area contributed by atoms with E-state index in [1.807, 2.05) is 6.07 Å². The zero-order valence-corrected chi connectivity index (χ0v) is 15.6. The van der Waals surface area contributed by atoms with Gasteiger partial charge in [0.05, 0.1) is 11.4 Å². The first-order valence-corrected chi connectivity index (χ1v) is 8.75. The van der Waals surface area contributed by atoms with Crippen molar-refractivity contribution in [2.24, 2.45) is 0 Å². The Morgan fingerprint density at radius 2 is 2.04 bits per heavy atom. The Hall–Kier alpha value is -2.12. The van der Waals surface area contributed by atoms with Gasteiger partial charge in [-0.25, -0.2) is 0 Å². The van der Waals surface area contributed by atoms with Gasteiger partial charge in [0.1, 0.15) is 6.54 Å². The Kier molecular flexibility index (Phi) is 6.99. The maximum atomic E-state index is 12.5. The molecule has 3 N–H and O–H groups in total. The summed E-state index contributed by atoms with van der Waals surface area (Å²) in [6.45, 7) is 2.98. The molecule has 1 aromatic carbocycles. The molecule has 2 unspecified atom stereocenters. The molecule has 1 aromatic rings. The predicted octanol–water partition coefficient (Wildman–Crippen LogP) is 1.43. The lowest BCUT2D eigenvalue weighted by Gasteiger charge is -2.30. The number of para-hydroxylation sites is 2. The van der Waals surface area contributed by atoms with E-state index >= 15 is 0 Å². The maximum Gasteiger partial charge on any atom is 0.244 e. The molecule has 1 saturated heterocycles. The van der Waals surface area contributed by atoms with Crippen molar-refractivity contribution in [3.05, 3.63) is 24.3 Å². The summed E-state index contributed by atoms with van der Waals surface area (Å²) in [5.74, 6) is -0.543. The SMILES string of the molecule is CC1CC(NC(=O)CCC(=O)N2CC(=O)Nc3ccccc32)CCN1.Cl. The average Bonchev–Trinajstić information content (AvgIpc) is 2.59. The topological polar surface area (TPSA) is 90.5 Å². The van der Waals surface area contributed by atoms with Crippen molar-refractivity contribution in [2.45, 2.75) is 44.7 Å². The van der Waals surface area contributed by atoms with Crippen molar-refractivity contribution in [2.75, 3.05) is 23.3 Å². The number of rotatable bonds is 4. The standard InChI is InChI=1S/C18H24N4O3.ClH/c1-12-10-13(8-9-19-12)20-16(23)6-7-18(25)22-11-17(24)21-14-4-2-3-5-15(14)22;/h2-5,12-13,19H,6-11H2,1H3,(H,20,23)(H,21,24);1H. The third kappa shape index (κ3) is 4.95. The summed E-state index contributed by atoms with van der Waals surface area (Å²) in [4.78, 5) is 37.9. The number of piperidine rings is 1. The van der Waals surface area contributed by atoms with E-state index in [0.29, 0.717) is 17.4 Å². The zero-order chi connectivity index (χ0) is 17.8.